The van der Waals surface area contributed by atoms with E-state index in [1.54, 1.807) is 4.68 Å². The van der Waals surface area contributed by atoms with Crippen LogP contribution in [-0.2, 0) is 11.4 Å². The topological polar surface area (TPSA) is 69.0 Å². The highest BCUT2D eigenvalue weighted by atomic mass is 79.9. The molecule has 1 aromatic heterocycles. The van der Waals surface area contributed by atoms with Crippen molar-refractivity contribution in [2.45, 2.75) is 19.1 Å². The lowest BCUT2D eigenvalue weighted by molar-refractivity contribution is -0.117. The van der Waals surface area contributed by atoms with Gasteiger partial charge in [0.25, 0.3) is 0 Å². The Hall–Kier alpha value is -2.38. The van der Waals surface area contributed by atoms with Crippen LogP contribution in [0.25, 0.3) is 0 Å². The molecule has 8 heteroatoms. The fourth-order valence-electron chi connectivity index (χ4n) is 2.90. The van der Waals surface area contributed by atoms with Crippen LogP contribution in [0.4, 0.5) is 5.95 Å². The lowest BCUT2D eigenvalue weighted by atomic mass is 10.0. The molecule has 0 spiro atoms. The van der Waals surface area contributed by atoms with Gasteiger partial charge >= 0.3 is 0 Å². The van der Waals surface area contributed by atoms with Crippen molar-refractivity contribution in [1.82, 2.24) is 14.8 Å². The minimum atomic E-state index is -0.279. The third-order valence-electron chi connectivity index (χ3n) is 4.14. The molecule has 1 atom stereocenters. The number of anilines is 1. The Morgan fingerprint density at radius 1 is 1.27 bits per heavy atom. The first-order valence-electron chi connectivity index (χ1n) is 7.96. The molecule has 26 heavy (non-hydrogen) atoms. The molecule has 0 saturated carbocycles. The number of nitrogens with one attached hydrogen (secondary N) is 1. The smallest absolute Gasteiger partial charge is 0.229 e. The highest BCUT2D eigenvalue weighted by Gasteiger charge is 2.30. The second-order valence-corrected chi connectivity index (χ2v) is 7.25. The van der Waals surface area contributed by atoms with Crippen molar-refractivity contribution in [3.63, 3.8) is 0 Å². The van der Waals surface area contributed by atoms with E-state index in [1.165, 1.54) is 6.33 Å². The Labute approximate surface area is 163 Å². The number of halogens is 2. The van der Waals surface area contributed by atoms with E-state index >= 15 is 0 Å². The van der Waals surface area contributed by atoms with E-state index in [0.29, 0.717) is 23.3 Å². The minimum Gasteiger partial charge on any atom is -0.489 e. The lowest BCUT2D eigenvalue weighted by Crippen LogP contribution is -2.29. The molecule has 0 aliphatic carbocycles. The van der Waals surface area contributed by atoms with E-state index in [2.05, 4.69) is 31.3 Å². The van der Waals surface area contributed by atoms with Crippen LogP contribution < -0.4 is 10.1 Å². The standard InChI is InChI=1S/C18H14BrClN4O2/c19-12-3-6-16(26-9-11-1-4-13(20)5-2-11)14(7-12)15-8-17(25)23-18-21-10-22-24(15)18/h1-7,10,15H,8-9H2,(H,21,22,23,25)/t15-/m0/s1. The fraction of sp³-hybridized carbons (Fsp3) is 0.167. The van der Waals surface area contributed by atoms with Gasteiger partial charge in [-0.1, -0.05) is 39.7 Å². The number of hydrogen-bond donors (Lipinski definition) is 1. The molecule has 1 aliphatic heterocycles. The van der Waals surface area contributed by atoms with Gasteiger partial charge in [0.05, 0.1) is 12.5 Å². The second-order valence-electron chi connectivity index (χ2n) is 5.89. The van der Waals surface area contributed by atoms with Crippen LogP contribution in [0.3, 0.4) is 0 Å². The quantitative estimate of drug-likeness (QED) is 0.669. The molecule has 0 saturated heterocycles. The number of fused-ring (bicyclic) bond motifs is 1. The van der Waals surface area contributed by atoms with Crippen LogP contribution in [0.1, 0.15) is 23.6 Å². The van der Waals surface area contributed by atoms with Crippen LogP contribution in [0.2, 0.25) is 5.02 Å². The number of nitrogens with zero attached hydrogens (tertiary/aromatic N) is 3. The van der Waals surface area contributed by atoms with Gasteiger partial charge in [-0.15, -0.1) is 0 Å². The normalized spacial score (nSPS) is 16.1. The highest BCUT2D eigenvalue weighted by Crippen LogP contribution is 2.36. The average Bonchev–Trinajstić information content (AvgIpc) is 3.09. The monoisotopic (exact) mass is 432 g/mol. The molecule has 3 aromatic rings. The Balaban J connectivity index is 1.65. The molecule has 0 bridgehead atoms. The van der Waals surface area contributed by atoms with Crippen LogP contribution in [-0.4, -0.2) is 20.7 Å². The van der Waals surface area contributed by atoms with Crippen molar-refractivity contribution >= 4 is 39.4 Å². The SMILES string of the molecule is O=C1C[C@@H](c2cc(Br)ccc2OCc2ccc(Cl)cc2)n2ncnc2N1. The van der Waals surface area contributed by atoms with Crippen LogP contribution in [0.5, 0.6) is 5.75 Å². The summed E-state index contributed by atoms with van der Waals surface area (Å²) in [5.41, 5.74) is 1.88. The Morgan fingerprint density at radius 2 is 2.08 bits per heavy atom. The minimum absolute atomic E-state index is 0.0980. The van der Waals surface area contributed by atoms with Crippen molar-refractivity contribution in [3.8, 4) is 5.75 Å². The van der Waals surface area contributed by atoms with E-state index in [4.69, 9.17) is 16.3 Å². The second kappa shape index (κ2) is 7.09. The summed E-state index contributed by atoms with van der Waals surface area (Å²) in [6.07, 6.45) is 1.70. The third kappa shape index (κ3) is 3.45. The van der Waals surface area contributed by atoms with Gasteiger partial charge in [-0.25, -0.2) is 4.68 Å². The van der Waals surface area contributed by atoms with Crippen molar-refractivity contribution in [3.05, 3.63) is 69.4 Å². The number of hydrogen-bond acceptors (Lipinski definition) is 4. The van der Waals surface area contributed by atoms with Gasteiger partial charge in [0.2, 0.25) is 11.9 Å². The molecule has 1 N–H and O–H groups in total. The summed E-state index contributed by atoms with van der Waals surface area (Å²) in [6.45, 7) is 0.398. The number of carbonyl (C=O) groups is 1. The molecule has 1 amide bonds. The zero-order valence-electron chi connectivity index (χ0n) is 13.5. The Bertz CT molecular complexity index is 958. The summed E-state index contributed by atoms with van der Waals surface area (Å²) in [7, 11) is 0. The molecule has 4 rings (SSSR count). The molecule has 2 heterocycles. The zero-order valence-corrected chi connectivity index (χ0v) is 15.9. The number of amides is 1. The van der Waals surface area contributed by atoms with E-state index in [9.17, 15) is 4.79 Å². The predicted octanol–water partition coefficient (Wildman–Crippen LogP) is 4.20. The van der Waals surface area contributed by atoms with Gasteiger partial charge in [0, 0.05) is 15.1 Å². The molecular formula is C18H14BrClN4O2. The van der Waals surface area contributed by atoms with Crippen molar-refractivity contribution in [2.24, 2.45) is 0 Å². The van der Waals surface area contributed by atoms with Gasteiger partial charge in [0.15, 0.2) is 0 Å². The van der Waals surface area contributed by atoms with Crippen molar-refractivity contribution in [1.29, 1.82) is 0 Å². The van der Waals surface area contributed by atoms with E-state index in [0.717, 1.165) is 15.6 Å². The maximum atomic E-state index is 12.1. The summed E-state index contributed by atoms with van der Waals surface area (Å²) < 4.78 is 8.65. The number of aromatic nitrogens is 3. The molecule has 0 radical (unpaired) electrons. The first kappa shape index (κ1) is 17.1. The molecule has 6 nitrogen and oxygen atoms in total. The first-order chi connectivity index (χ1) is 12.6. The van der Waals surface area contributed by atoms with Gasteiger partial charge in [-0.05, 0) is 35.9 Å². The van der Waals surface area contributed by atoms with E-state index in [1.807, 2.05) is 42.5 Å². The number of rotatable bonds is 4. The highest BCUT2D eigenvalue weighted by molar-refractivity contribution is 9.10. The zero-order chi connectivity index (χ0) is 18.1. The molecule has 132 valence electrons. The van der Waals surface area contributed by atoms with Crippen molar-refractivity contribution < 1.29 is 9.53 Å². The van der Waals surface area contributed by atoms with Gasteiger partial charge < -0.3 is 4.74 Å². The molecule has 2 aromatic carbocycles. The Morgan fingerprint density at radius 3 is 2.88 bits per heavy atom. The van der Waals surface area contributed by atoms with E-state index < -0.39 is 0 Å². The van der Waals surface area contributed by atoms with Crippen molar-refractivity contribution in [2.75, 3.05) is 5.32 Å². The average molecular weight is 434 g/mol. The van der Waals surface area contributed by atoms with Crippen LogP contribution in [0, 0.1) is 0 Å². The van der Waals surface area contributed by atoms with Gasteiger partial charge in [-0.3, -0.25) is 10.1 Å². The molecular weight excluding hydrogens is 420 g/mol. The summed E-state index contributed by atoms with van der Waals surface area (Å²) in [5, 5.41) is 7.66. The van der Waals surface area contributed by atoms with Crippen LogP contribution in [0.15, 0.2) is 53.3 Å². The number of carbonyl (C=O) groups excluding carboxylic acids is 1. The summed E-state index contributed by atoms with van der Waals surface area (Å²) in [4.78, 5) is 16.1. The van der Waals surface area contributed by atoms with Crippen LogP contribution >= 0.6 is 27.5 Å². The lowest BCUT2D eigenvalue weighted by Gasteiger charge is -2.25. The number of benzene rings is 2. The summed E-state index contributed by atoms with van der Waals surface area (Å²) in [6, 6.07) is 13.0. The Kier molecular flexibility index (Phi) is 4.65. The molecule has 0 fully saturated rings. The maximum Gasteiger partial charge on any atom is 0.229 e. The summed E-state index contributed by atoms with van der Waals surface area (Å²) >= 11 is 9.42. The first-order valence-corrected chi connectivity index (χ1v) is 9.13. The molecule has 1 aliphatic rings. The van der Waals surface area contributed by atoms with E-state index in [-0.39, 0.29) is 18.4 Å². The predicted molar refractivity (Wildman–Crippen MR) is 101 cm³/mol. The third-order valence-corrected chi connectivity index (χ3v) is 4.88. The number of ether oxygens (including phenoxy) is 1. The largest absolute Gasteiger partial charge is 0.489 e. The summed E-state index contributed by atoms with van der Waals surface area (Å²) in [5.74, 6) is 1.04. The molecule has 0 unspecified atom stereocenters. The fourth-order valence-corrected chi connectivity index (χ4v) is 3.40. The van der Waals surface area contributed by atoms with Gasteiger partial charge in [0.1, 0.15) is 18.7 Å². The van der Waals surface area contributed by atoms with Gasteiger partial charge in [-0.2, -0.15) is 10.1 Å². The maximum absolute atomic E-state index is 12.1.